The number of aromatic nitrogens is 3. The van der Waals surface area contributed by atoms with E-state index in [2.05, 4.69) is 10.3 Å². The minimum atomic E-state index is -0.332. The zero-order valence-corrected chi connectivity index (χ0v) is 11.3. The lowest BCUT2D eigenvalue weighted by Gasteiger charge is -2.08. The van der Waals surface area contributed by atoms with Gasteiger partial charge >= 0.3 is 0 Å². The third-order valence-corrected chi connectivity index (χ3v) is 3.08. The molecule has 0 amide bonds. The lowest BCUT2D eigenvalue weighted by molar-refractivity contribution is 0.0982. The predicted octanol–water partition coefficient (Wildman–Crippen LogP) is 2.87. The van der Waals surface area contributed by atoms with Gasteiger partial charge in [0.15, 0.2) is 11.5 Å². The first-order valence-electron chi connectivity index (χ1n) is 6.32. The summed E-state index contributed by atoms with van der Waals surface area (Å²) in [7, 11) is 0. The van der Waals surface area contributed by atoms with Crippen molar-refractivity contribution in [2.75, 3.05) is 0 Å². The molecule has 0 saturated carbocycles. The molecule has 19 heavy (non-hydrogen) atoms. The second-order valence-electron chi connectivity index (χ2n) is 4.36. The Morgan fingerprint density at radius 1 is 1.37 bits per heavy atom. The van der Waals surface area contributed by atoms with Crippen LogP contribution in [0.3, 0.4) is 0 Å². The fourth-order valence-corrected chi connectivity index (χ4v) is 2.01. The summed E-state index contributed by atoms with van der Waals surface area (Å²) >= 11 is 0. The molecule has 4 nitrogen and oxygen atoms in total. The van der Waals surface area contributed by atoms with Crippen molar-refractivity contribution in [2.24, 2.45) is 0 Å². The molecule has 0 spiro atoms. The molecule has 100 valence electrons. The molecule has 0 aliphatic carbocycles. The van der Waals surface area contributed by atoms with Crippen LogP contribution in [0.15, 0.2) is 18.2 Å². The van der Waals surface area contributed by atoms with Crippen LogP contribution in [0.25, 0.3) is 5.69 Å². The molecular weight excluding hydrogens is 245 g/mol. The van der Waals surface area contributed by atoms with Crippen LogP contribution in [0, 0.1) is 12.7 Å². The van der Waals surface area contributed by atoms with E-state index in [1.54, 1.807) is 17.7 Å². The number of Topliss-reactive ketones (excluding diaryl/α,β-unsaturated/α-hetero) is 1. The van der Waals surface area contributed by atoms with Gasteiger partial charge in [0.2, 0.25) is 0 Å². The number of benzene rings is 1. The van der Waals surface area contributed by atoms with E-state index in [9.17, 15) is 9.18 Å². The van der Waals surface area contributed by atoms with Crippen LogP contribution in [0.1, 0.15) is 42.0 Å². The Labute approximate surface area is 111 Å². The molecule has 0 aliphatic rings. The maximum atomic E-state index is 13.4. The molecule has 2 rings (SSSR count). The molecule has 0 radical (unpaired) electrons. The van der Waals surface area contributed by atoms with E-state index in [4.69, 9.17) is 0 Å². The Hall–Kier alpha value is -2.04. The highest BCUT2D eigenvalue weighted by molar-refractivity contribution is 5.95. The highest BCUT2D eigenvalue weighted by Gasteiger charge is 2.18. The number of aryl methyl sites for hydroxylation is 1. The van der Waals surface area contributed by atoms with Gasteiger partial charge in [-0.25, -0.2) is 9.07 Å². The Morgan fingerprint density at radius 3 is 2.74 bits per heavy atom. The fraction of sp³-hybridized carbons (Fsp3) is 0.357. The topological polar surface area (TPSA) is 47.8 Å². The first-order chi connectivity index (χ1) is 9.08. The van der Waals surface area contributed by atoms with Crippen LogP contribution in [0.2, 0.25) is 0 Å². The molecule has 0 N–H and O–H groups in total. The van der Waals surface area contributed by atoms with Gasteiger partial charge < -0.3 is 0 Å². The molecule has 2 aromatic rings. The van der Waals surface area contributed by atoms with Crippen molar-refractivity contribution >= 4 is 5.78 Å². The number of halogens is 1. The average molecular weight is 261 g/mol. The van der Waals surface area contributed by atoms with E-state index in [0.717, 1.165) is 11.3 Å². The number of hydrogen-bond acceptors (Lipinski definition) is 3. The summed E-state index contributed by atoms with van der Waals surface area (Å²) in [5, 5.41) is 7.95. The van der Waals surface area contributed by atoms with E-state index < -0.39 is 0 Å². The van der Waals surface area contributed by atoms with Gasteiger partial charge in [-0.1, -0.05) is 25.1 Å². The van der Waals surface area contributed by atoms with Crippen molar-refractivity contribution in [3.05, 3.63) is 41.0 Å². The Morgan fingerprint density at radius 2 is 2.11 bits per heavy atom. The van der Waals surface area contributed by atoms with Crippen molar-refractivity contribution in [3.63, 3.8) is 0 Å². The summed E-state index contributed by atoms with van der Waals surface area (Å²) in [4.78, 5) is 11.8. The van der Waals surface area contributed by atoms with Gasteiger partial charge in [-0.05, 0) is 31.0 Å². The molecule has 1 aromatic carbocycles. The monoisotopic (exact) mass is 261 g/mol. The Kier molecular flexibility index (Phi) is 3.74. The number of hydrogen-bond donors (Lipinski definition) is 0. The van der Waals surface area contributed by atoms with Crippen molar-refractivity contribution in [1.82, 2.24) is 15.0 Å². The zero-order chi connectivity index (χ0) is 14.0. The van der Waals surface area contributed by atoms with Gasteiger partial charge in [0, 0.05) is 6.42 Å². The number of carbonyl (C=O) groups is 1. The number of rotatable bonds is 4. The summed E-state index contributed by atoms with van der Waals surface area (Å²) in [6.07, 6.45) is 0.998. The second-order valence-corrected chi connectivity index (χ2v) is 4.36. The third kappa shape index (κ3) is 2.41. The number of carbonyl (C=O) groups excluding carboxylic acids is 1. The molecule has 5 heteroatoms. The summed E-state index contributed by atoms with van der Waals surface area (Å²) in [6, 6.07) is 4.50. The van der Waals surface area contributed by atoms with Crippen molar-refractivity contribution in [3.8, 4) is 5.69 Å². The smallest absolute Gasteiger partial charge is 0.184 e. The van der Waals surface area contributed by atoms with Crippen LogP contribution in [0.4, 0.5) is 4.39 Å². The molecule has 0 saturated heterocycles. The van der Waals surface area contributed by atoms with Gasteiger partial charge in [0.1, 0.15) is 5.82 Å². The van der Waals surface area contributed by atoms with Gasteiger partial charge in [-0.15, -0.1) is 5.10 Å². The lowest BCUT2D eigenvalue weighted by atomic mass is 10.1. The van der Waals surface area contributed by atoms with Crippen molar-refractivity contribution < 1.29 is 9.18 Å². The highest BCUT2D eigenvalue weighted by atomic mass is 19.1. The van der Waals surface area contributed by atoms with E-state index in [0.29, 0.717) is 24.2 Å². The Balaban J connectivity index is 2.60. The SMILES string of the molecule is CCC(=O)c1nnn(-c2cc(F)ccc2C)c1CC. The lowest BCUT2D eigenvalue weighted by Crippen LogP contribution is -2.07. The minimum absolute atomic E-state index is 0.0443. The molecule has 0 fully saturated rings. The summed E-state index contributed by atoms with van der Waals surface area (Å²) in [5.74, 6) is -0.376. The van der Waals surface area contributed by atoms with Crippen LogP contribution in [0.5, 0.6) is 0 Å². The van der Waals surface area contributed by atoms with E-state index in [-0.39, 0.29) is 11.6 Å². The summed E-state index contributed by atoms with van der Waals surface area (Å²) in [5.41, 5.74) is 2.62. The standard InChI is InChI=1S/C14H16FN3O/c1-4-11-14(13(19)5-2)16-17-18(11)12-8-10(15)7-6-9(12)3/h6-8H,4-5H2,1-3H3. The van der Waals surface area contributed by atoms with Crippen LogP contribution < -0.4 is 0 Å². The largest absolute Gasteiger partial charge is 0.292 e. The second kappa shape index (κ2) is 5.30. The molecule has 0 bridgehead atoms. The Bertz CT molecular complexity index is 619. The summed E-state index contributed by atoms with van der Waals surface area (Å²) in [6.45, 7) is 5.59. The zero-order valence-electron chi connectivity index (χ0n) is 11.3. The van der Waals surface area contributed by atoms with Crippen LogP contribution in [-0.4, -0.2) is 20.8 Å². The van der Waals surface area contributed by atoms with Crippen LogP contribution in [-0.2, 0) is 6.42 Å². The predicted molar refractivity (Wildman–Crippen MR) is 70.1 cm³/mol. The van der Waals surface area contributed by atoms with Gasteiger partial charge in [-0.2, -0.15) is 0 Å². The third-order valence-electron chi connectivity index (χ3n) is 3.08. The molecule has 1 heterocycles. The molecule has 0 aliphatic heterocycles. The number of ketones is 1. The normalized spacial score (nSPS) is 10.7. The molecular formula is C14H16FN3O. The summed E-state index contributed by atoms with van der Waals surface area (Å²) < 4.78 is 14.9. The first-order valence-corrected chi connectivity index (χ1v) is 6.32. The maximum absolute atomic E-state index is 13.4. The molecule has 1 aromatic heterocycles. The number of nitrogens with zero attached hydrogens (tertiary/aromatic N) is 3. The highest BCUT2D eigenvalue weighted by Crippen LogP contribution is 2.19. The quantitative estimate of drug-likeness (QED) is 0.795. The van der Waals surface area contributed by atoms with Gasteiger partial charge in [0.05, 0.1) is 11.4 Å². The maximum Gasteiger partial charge on any atom is 0.184 e. The first kappa shape index (κ1) is 13.4. The van der Waals surface area contributed by atoms with Gasteiger partial charge in [-0.3, -0.25) is 4.79 Å². The van der Waals surface area contributed by atoms with Crippen molar-refractivity contribution in [2.45, 2.75) is 33.6 Å². The van der Waals surface area contributed by atoms with Gasteiger partial charge in [0.25, 0.3) is 0 Å². The molecule has 0 unspecified atom stereocenters. The van der Waals surface area contributed by atoms with E-state index in [1.807, 2.05) is 13.8 Å². The molecule has 0 atom stereocenters. The van der Waals surface area contributed by atoms with Crippen molar-refractivity contribution in [1.29, 1.82) is 0 Å². The average Bonchev–Trinajstić information content (AvgIpc) is 2.84. The minimum Gasteiger partial charge on any atom is -0.292 e. The fourth-order valence-electron chi connectivity index (χ4n) is 2.01. The van der Waals surface area contributed by atoms with E-state index >= 15 is 0 Å². The van der Waals surface area contributed by atoms with Crippen LogP contribution >= 0.6 is 0 Å². The van der Waals surface area contributed by atoms with E-state index in [1.165, 1.54) is 12.1 Å².